The first-order valence-electron chi connectivity index (χ1n) is 10.4. The van der Waals surface area contributed by atoms with Crippen molar-refractivity contribution in [1.82, 2.24) is 30.4 Å². The minimum atomic E-state index is -0.523. The highest BCUT2D eigenvalue weighted by Gasteiger charge is 2.27. The van der Waals surface area contributed by atoms with Crippen LogP contribution in [0.2, 0.25) is 0 Å². The summed E-state index contributed by atoms with van der Waals surface area (Å²) in [5, 5.41) is 5.02. The molecule has 164 valence electrons. The van der Waals surface area contributed by atoms with E-state index >= 15 is 4.39 Å². The van der Waals surface area contributed by atoms with Crippen molar-refractivity contribution in [2.24, 2.45) is 0 Å². The molecule has 0 aromatic carbocycles. The Morgan fingerprint density at radius 2 is 2.03 bits per heavy atom. The van der Waals surface area contributed by atoms with Gasteiger partial charge < -0.3 is 15.2 Å². The number of hydrazine groups is 1. The van der Waals surface area contributed by atoms with E-state index in [9.17, 15) is 4.39 Å². The molecule has 32 heavy (non-hydrogen) atoms. The lowest BCUT2D eigenvalue weighted by Gasteiger charge is -2.35. The van der Waals surface area contributed by atoms with Crippen molar-refractivity contribution in [2.75, 3.05) is 36.4 Å². The van der Waals surface area contributed by atoms with Gasteiger partial charge in [-0.05, 0) is 36.8 Å². The predicted octanol–water partition coefficient (Wildman–Crippen LogP) is 2.66. The fourth-order valence-corrected chi connectivity index (χ4v) is 3.90. The second-order valence-corrected chi connectivity index (χ2v) is 7.70. The van der Waals surface area contributed by atoms with Crippen LogP contribution in [0.25, 0.3) is 11.3 Å². The number of fused-ring (bicyclic) bond motifs is 1. The summed E-state index contributed by atoms with van der Waals surface area (Å²) in [5.41, 5.74) is 6.63. The van der Waals surface area contributed by atoms with Crippen LogP contribution in [0, 0.1) is 18.6 Å². The van der Waals surface area contributed by atoms with Gasteiger partial charge in [0.2, 0.25) is 5.82 Å². The number of anilines is 2. The van der Waals surface area contributed by atoms with E-state index in [1.165, 1.54) is 12.4 Å². The van der Waals surface area contributed by atoms with Crippen LogP contribution in [0.1, 0.15) is 11.3 Å². The maximum Gasteiger partial charge on any atom is 0.207 e. The second-order valence-electron chi connectivity index (χ2n) is 7.70. The lowest BCUT2D eigenvalue weighted by molar-refractivity contribution is 0.262. The number of aromatic nitrogens is 4. The van der Waals surface area contributed by atoms with Gasteiger partial charge in [0.05, 0.1) is 13.1 Å². The maximum absolute atomic E-state index is 15.1. The summed E-state index contributed by atoms with van der Waals surface area (Å²) < 4.78 is 29.8. The minimum Gasteiger partial charge on any atom is -0.363 e. The zero-order chi connectivity index (χ0) is 22.1. The van der Waals surface area contributed by atoms with Gasteiger partial charge in [0, 0.05) is 49.0 Å². The molecule has 0 bridgehead atoms. The van der Waals surface area contributed by atoms with Gasteiger partial charge in [0.15, 0.2) is 11.6 Å². The Labute approximate surface area is 184 Å². The standard InChI is InChI=1S/C22H22F2N8/c1-14-8-16(2-4-25-14)20-18(23)9-15(10-26-20)11-27-21-19(24)22(29-13-28-21)31-6-7-32-17(12-31)3-5-30-32/h2-4,8-10,13,30H,5-7,11-12H2,1H3,(H,27,28,29). The molecule has 0 spiro atoms. The van der Waals surface area contributed by atoms with Gasteiger partial charge in [-0.15, -0.1) is 0 Å². The summed E-state index contributed by atoms with van der Waals surface area (Å²) >= 11 is 0. The Morgan fingerprint density at radius 3 is 2.88 bits per heavy atom. The molecule has 2 aliphatic rings. The van der Waals surface area contributed by atoms with Crippen LogP contribution in [0.3, 0.4) is 0 Å². The summed E-state index contributed by atoms with van der Waals surface area (Å²) in [6, 6.07) is 4.88. The molecular formula is C22H22F2N8. The molecule has 5 heterocycles. The summed E-state index contributed by atoms with van der Waals surface area (Å²) in [5.74, 6) is -0.646. The highest BCUT2D eigenvalue weighted by Crippen LogP contribution is 2.26. The summed E-state index contributed by atoms with van der Waals surface area (Å²) in [7, 11) is 0. The second kappa shape index (κ2) is 8.46. The zero-order valence-corrected chi connectivity index (χ0v) is 17.5. The molecule has 5 rings (SSSR count). The Balaban J connectivity index is 1.30. The van der Waals surface area contributed by atoms with E-state index in [0.29, 0.717) is 24.2 Å². The molecule has 0 radical (unpaired) electrons. The van der Waals surface area contributed by atoms with Crippen molar-refractivity contribution in [3.8, 4) is 11.3 Å². The summed E-state index contributed by atoms with van der Waals surface area (Å²) in [6.07, 6.45) is 6.61. The van der Waals surface area contributed by atoms with Crippen molar-refractivity contribution in [1.29, 1.82) is 0 Å². The molecule has 2 N–H and O–H groups in total. The van der Waals surface area contributed by atoms with Crippen LogP contribution in [0.4, 0.5) is 20.4 Å². The first-order valence-corrected chi connectivity index (χ1v) is 10.4. The average Bonchev–Trinajstić information content (AvgIpc) is 3.26. The number of nitrogens with one attached hydrogen (secondary N) is 2. The first kappa shape index (κ1) is 20.3. The number of rotatable bonds is 5. The number of hydrogen-bond donors (Lipinski definition) is 2. The fraction of sp³-hybridized carbons (Fsp3) is 0.273. The normalized spacial score (nSPS) is 15.5. The van der Waals surface area contributed by atoms with E-state index in [1.54, 1.807) is 24.5 Å². The Morgan fingerprint density at radius 1 is 1.12 bits per heavy atom. The van der Waals surface area contributed by atoms with Crippen LogP contribution in [0.5, 0.6) is 0 Å². The Bertz CT molecular complexity index is 1180. The quantitative estimate of drug-likeness (QED) is 0.632. The molecule has 3 aromatic heterocycles. The monoisotopic (exact) mass is 436 g/mol. The highest BCUT2D eigenvalue weighted by atomic mass is 19.1. The van der Waals surface area contributed by atoms with Crippen LogP contribution >= 0.6 is 0 Å². The lowest BCUT2D eigenvalue weighted by atomic mass is 10.1. The van der Waals surface area contributed by atoms with Crippen molar-refractivity contribution < 1.29 is 8.78 Å². The maximum atomic E-state index is 15.1. The smallest absolute Gasteiger partial charge is 0.207 e. The van der Waals surface area contributed by atoms with Crippen LogP contribution in [0.15, 0.2) is 48.7 Å². The molecule has 0 unspecified atom stereocenters. The third kappa shape index (κ3) is 3.96. The Kier molecular flexibility index (Phi) is 5.36. The molecule has 3 aromatic rings. The van der Waals surface area contributed by atoms with Gasteiger partial charge in [0.1, 0.15) is 17.8 Å². The molecule has 0 amide bonds. The van der Waals surface area contributed by atoms with E-state index in [2.05, 4.69) is 41.8 Å². The van der Waals surface area contributed by atoms with Gasteiger partial charge in [-0.3, -0.25) is 9.97 Å². The van der Waals surface area contributed by atoms with Crippen molar-refractivity contribution >= 4 is 11.6 Å². The third-order valence-corrected chi connectivity index (χ3v) is 5.51. The van der Waals surface area contributed by atoms with Crippen molar-refractivity contribution in [2.45, 2.75) is 13.5 Å². The molecule has 10 heteroatoms. The Hall–Kier alpha value is -3.66. The molecular weight excluding hydrogens is 414 g/mol. The topological polar surface area (TPSA) is 82.1 Å². The van der Waals surface area contributed by atoms with E-state index < -0.39 is 11.6 Å². The number of piperazine rings is 1. The van der Waals surface area contributed by atoms with Crippen molar-refractivity contribution in [3.05, 3.63) is 71.6 Å². The van der Waals surface area contributed by atoms with Crippen LogP contribution in [-0.4, -0.2) is 51.1 Å². The van der Waals surface area contributed by atoms with E-state index in [0.717, 1.165) is 24.5 Å². The van der Waals surface area contributed by atoms with Gasteiger partial charge >= 0.3 is 0 Å². The van der Waals surface area contributed by atoms with E-state index in [-0.39, 0.29) is 23.9 Å². The van der Waals surface area contributed by atoms with Gasteiger partial charge in [-0.2, -0.15) is 4.39 Å². The molecule has 2 aliphatic heterocycles. The molecule has 0 atom stereocenters. The van der Waals surface area contributed by atoms with Gasteiger partial charge in [-0.1, -0.05) is 0 Å². The predicted molar refractivity (Wildman–Crippen MR) is 116 cm³/mol. The molecule has 1 fully saturated rings. The third-order valence-electron chi connectivity index (χ3n) is 5.51. The first-order chi connectivity index (χ1) is 15.6. The number of pyridine rings is 2. The molecule has 0 aliphatic carbocycles. The van der Waals surface area contributed by atoms with Gasteiger partial charge in [0.25, 0.3) is 0 Å². The van der Waals surface area contributed by atoms with Crippen LogP contribution in [-0.2, 0) is 6.54 Å². The number of hydrogen-bond acceptors (Lipinski definition) is 8. The van der Waals surface area contributed by atoms with E-state index in [1.807, 2.05) is 11.8 Å². The average molecular weight is 436 g/mol. The van der Waals surface area contributed by atoms with E-state index in [4.69, 9.17) is 0 Å². The van der Waals surface area contributed by atoms with Crippen LogP contribution < -0.4 is 15.6 Å². The largest absolute Gasteiger partial charge is 0.363 e. The SMILES string of the molecule is Cc1cc(-c2ncc(CNc3ncnc(N4CCN5NCC=C5C4)c3F)cc2F)ccn1. The van der Waals surface area contributed by atoms with Gasteiger partial charge in [-0.25, -0.2) is 19.8 Å². The number of aryl methyl sites for hydroxylation is 1. The number of nitrogens with zero attached hydrogens (tertiary/aromatic N) is 6. The lowest BCUT2D eigenvalue weighted by Crippen LogP contribution is -2.47. The molecule has 8 nitrogen and oxygen atoms in total. The summed E-state index contributed by atoms with van der Waals surface area (Å²) in [4.78, 5) is 18.4. The highest BCUT2D eigenvalue weighted by molar-refractivity contribution is 5.60. The fourth-order valence-electron chi connectivity index (χ4n) is 3.90. The molecule has 1 saturated heterocycles. The zero-order valence-electron chi connectivity index (χ0n) is 17.5. The van der Waals surface area contributed by atoms with Crippen molar-refractivity contribution in [3.63, 3.8) is 0 Å². The number of halogens is 2. The summed E-state index contributed by atoms with van der Waals surface area (Å²) in [6.45, 7) is 4.76. The minimum absolute atomic E-state index is 0.0743. The molecule has 0 saturated carbocycles.